The molecule has 0 aliphatic heterocycles. The number of pyridine rings is 1. The summed E-state index contributed by atoms with van der Waals surface area (Å²) in [6.07, 6.45) is 1.54. The van der Waals surface area contributed by atoms with Crippen LogP contribution >= 0.6 is 50.7 Å². The number of amides is 1. The van der Waals surface area contributed by atoms with Gasteiger partial charge in [-0.3, -0.25) is 4.79 Å². The first kappa shape index (κ1) is 16.6. The van der Waals surface area contributed by atoms with Crippen LogP contribution in [0.3, 0.4) is 0 Å². The first-order chi connectivity index (χ1) is 9.86. The lowest BCUT2D eigenvalue weighted by Crippen LogP contribution is -2.26. The molecule has 0 aliphatic carbocycles. The highest BCUT2D eigenvalue weighted by Gasteiger charge is 2.17. The monoisotopic (exact) mass is 406 g/mol. The maximum atomic E-state index is 12.4. The van der Waals surface area contributed by atoms with Crippen LogP contribution in [0.15, 0.2) is 34.9 Å². The van der Waals surface area contributed by atoms with Gasteiger partial charge in [0.1, 0.15) is 5.15 Å². The predicted octanol–water partition coefficient (Wildman–Crippen LogP) is 5.08. The van der Waals surface area contributed by atoms with Crippen molar-refractivity contribution in [3.8, 4) is 0 Å². The molecule has 1 aromatic heterocycles. The molecule has 2 rings (SSSR count). The number of hydrogen-bond acceptors (Lipinski definition) is 2. The van der Waals surface area contributed by atoms with Crippen LogP contribution in [0, 0.1) is 0 Å². The molecule has 1 aromatic carbocycles. The van der Waals surface area contributed by atoms with Crippen molar-refractivity contribution in [2.45, 2.75) is 6.54 Å². The van der Waals surface area contributed by atoms with Gasteiger partial charge in [0, 0.05) is 34.3 Å². The maximum absolute atomic E-state index is 12.4. The number of hydrogen-bond donors (Lipinski definition) is 0. The lowest BCUT2D eigenvalue weighted by Gasteiger charge is -2.18. The molecule has 0 bridgehead atoms. The quantitative estimate of drug-likeness (QED) is 0.664. The molecule has 0 saturated carbocycles. The molecule has 110 valence electrons. The van der Waals surface area contributed by atoms with Gasteiger partial charge in [0.15, 0.2) is 0 Å². The minimum absolute atomic E-state index is 0.166. The van der Waals surface area contributed by atoms with E-state index in [4.69, 9.17) is 34.8 Å². The largest absolute Gasteiger partial charge is 0.337 e. The van der Waals surface area contributed by atoms with Crippen molar-refractivity contribution in [1.29, 1.82) is 0 Å². The van der Waals surface area contributed by atoms with Gasteiger partial charge in [0.2, 0.25) is 0 Å². The molecule has 0 saturated heterocycles. The molecule has 0 aliphatic rings. The highest BCUT2D eigenvalue weighted by Crippen LogP contribution is 2.22. The van der Waals surface area contributed by atoms with Crippen LogP contribution in [0.5, 0.6) is 0 Å². The summed E-state index contributed by atoms with van der Waals surface area (Å²) in [5.74, 6) is -0.232. The third-order valence-electron chi connectivity index (χ3n) is 2.72. The molecule has 7 heteroatoms. The topological polar surface area (TPSA) is 33.2 Å². The number of benzene rings is 1. The lowest BCUT2D eigenvalue weighted by molar-refractivity contribution is 0.0785. The van der Waals surface area contributed by atoms with E-state index in [1.54, 1.807) is 31.3 Å². The second kappa shape index (κ2) is 6.97. The van der Waals surface area contributed by atoms with Crippen molar-refractivity contribution in [2.75, 3.05) is 7.05 Å². The van der Waals surface area contributed by atoms with Crippen LogP contribution < -0.4 is 0 Å². The summed E-state index contributed by atoms with van der Waals surface area (Å²) in [5, 5.41) is 1.22. The summed E-state index contributed by atoms with van der Waals surface area (Å²) in [6, 6.07) is 6.80. The lowest BCUT2D eigenvalue weighted by atomic mass is 10.2. The van der Waals surface area contributed by atoms with Crippen LogP contribution in [0.2, 0.25) is 15.2 Å². The number of halogens is 4. The van der Waals surface area contributed by atoms with E-state index in [1.165, 1.54) is 11.1 Å². The molecule has 0 unspecified atom stereocenters. The van der Waals surface area contributed by atoms with Crippen molar-refractivity contribution in [1.82, 2.24) is 9.88 Å². The van der Waals surface area contributed by atoms with Crippen LogP contribution in [-0.4, -0.2) is 22.8 Å². The first-order valence-corrected chi connectivity index (χ1v) is 7.81. The Balaban J connectivity index is 2.21. The summed E-state index contributed by atoms with van der Waals surface area (Å²) in [5.41, 5.74) is 1.17. The molecular formula is C14H10BrCl3N2O. The smallest absolute Gasteiger partial charge is 0.257 e. The van der Waals surface area contributed by atoms with Crippen molar-refractivity contribution >= 4 is 56.6 Å². The Morgan fingerprint density at radius 2 is 1.81 bits per heavy atom. The summed E-state index contributed by atoms with van der Waals surface area (Å²) in [6.45, 7) is 0.363. The van der Waals surface area contributed by atoms with Gasteiger partial charge in [-0.1, -0.05) is 34.8 Å². The standard InChI is InChI=1S/C14H10BrCl3N2O/c1-20(7-8-2-10(16)5-11(17)3-8)14(21)12-4-9(15)6-19-13(12)18/h2-6H,7H2,1H3. The normalized spacial score (nSPS) is 10.5. The third kappa shape index (κ3) is 4.33. The van der Waals surface area contributed by atoms with Gasteiger partial charge in [0.05, 0.1) is 5.56 Å². The van der Waals surface area contributed by atoms with Crippen LogP contribution in [0.1, 0.15) is 15.9 Å². The zero-order chi connectivity index (χ0) is 15.6. The highest BCUT2D eigenvalue weighted by molar-refractivity contribution is 9.10. The van der Waals surface area contributed by atoms with Crippen molar-refractivity contribution in [2.24, 2.45) is 0 Å². The van der Waals surface area contributed by atoms with Crippen LogP contribution in [0.4, 0.5) is 0 Å². The van der Waals surface area contributed by atoms with E-state index in [1.807, 2.05) is 0 Å². The number of carbonyl (C=O) groups excluding carboxylic acids is 1. The Morgan fingerprint density at radius 1 is 1.19 bits per heavy atom. The van der Waals surface area contributed by atoms with E-state index in [0.29, 0.717) is 26.6 Å². The molecule has 0 N–H and O–H groups in total. The van der Waals surface area contributed by atoms with Gasteiger partial charge in [-0.15, -0.1) is 0 Å². The Hall–Kier alpha value is -0.810. The summed E-state index contributed by atoms with van der Waals surface area (Å²) in [4.78, 5) is 17.9. The van der Waals surface area contributed by atoms with Crippen LogP contribution in [-0.2, 0) is 6.54 Å². The van der Waals surface area contributed by atoms with E-state index in [2.05, 4.69) is 20.9 Å². The molecule has 2 aromatic rings. The summed E-state index contributed by atoms with van der Waals surface area (Å²) >= 11 is 21.1. The SMILES string of the molecule is CN(Cc1cc(Cl)cc(Cl)c1)C(=O)c1cc(Br)cnc1Cl. The molecule has 0 fully saturated rings. The minimum Gasteiger partial charge on any atom is -0.337 e. The molecule has 21 heavy (non-hydrogen) atoms. The van der Waals surface area contributed by atoms with Gasteiger partial charge in [-0.2, -0.15) is 0 Å². The van der Waals surface area contributed by atoms with Gasteiger partial charge in [0.25, 0.3) is 5.91 Å². The molecular weight excluding hydrogens is 398 g/mol. The van der Waals surface area contributed by atoms with E-state index >= 15 is 0 Å². The van der Waals surface area contributed by atoms with E-state index in [-0.39, 0.29) is 11.1 Å². The second-order valence-corrected chi connectivity index (χ2v) is 6.58. The van der Waals surface area contributed by atoms with Gasteiger partial charge in [-0.25, -0.2) is 4.98 Å². The maximum Gasteiger partial charge on any atom is 0.257 e. The average molecular weight is 409 g/mol. The highest BCUT2D eigenvalue weighted by atomic mass is 79.9. The Kier molecular flexibility index (Phi) is 5.49. The number of aromatic nitrogens is 1. The van der Waals surface area contributed by atoms with Crippen molar-refractivity contribution in [3.63, 3.8) is 0 Å². The zero-order valence-electron chi connectivity index (χ0n) is 10.9. The third-order valence-corrected chi connectivity index (χ3v) is 3.90. The second-order valence-electron chi connectivity index (χ2n) is 4.43. The van der Waals surface area contributed by atoms with E-state index in [9.17, 15) is 4.79 Å². The fourth-order valence-electron chi connectivity index (χ4n) is 1.83. The molecule has 0 atom stereocenters. The molecule has 1 amide bonds. The van der Waals surface area contributed by atoms with Crippen LogP contribution in [0.25, 0.3) is 0 Å². The van der Waals surface area contributed by atoms with Crippen molar-refractivity contribution < 1.29 is 4.79 Å². The number of carbonyl (C=O) groups is 1. The molecule has 3 nitrogen and oxygen atoms in total. The van der Waals surface area contributed by atoms with Gasteiger partial charge in [-0.05, 0) is 45.8 Å². The van der Waals surface area contributed by atoms with Gasteiger partial charge >= 0.3 is 0 Å². The summed E-state index contributed by atoms with van der Waals surface area (Å²) in [7, 11) is 1.67. The molecule has 1 heterocycles. The fourth-order valence-corrected chi connectivity index (χ4v) is 2.91. The number of nitrogens with zero attached hydrogens (tertiary/aromatic N) is 2. The zero-order valence-corrected chi connectivity index (χ0v) is 14.8. The minimum atomic E-state index is -0.232. The Bertz CT molecular complexity index is 674. The Labute approximate surface area is 146 Å². The summed E-state index contributed by atoms with van der Waals surface area (Å²) < 4.78 is 0.689. The molecule has 0 spiro atoms. The van der Waals surface area contributed by atoms with E-state index in [0.717, 1.165) is 5.56 Å². The average Bonchev–Trinajstić information content (AvgIpc) is 2.39. The fraction of sp³-hybridized carbons (Fsp3) is 0.143. The molecule has 0 radical (unpaired) electrons. The van der Waals surface area contributed by atoms with E-state index < -0.39 is 0 Å². The number of rotatable bonds is 3. The first-order valence-electron chi connectivity index (χ1n) is 5.88. The predicted molar refractivity (Wildman–Crippen MR) is 89.2 cm³/mol. The van der Waals surface area contributed by atoms with Crippen molar-refractivity contribution in [3.05, 3.63) is 61.3 Å². The Morgan fingerprint density at radius 3 is 2.43 bits per heavy atom. The van der Waals surface area contributed by atoms with Gasteiger partial charge < -0.3 is 4.90 Å².